The van der Waals surface area contributed by atoms with Gasteiger partial charge >= 0.3 is 0 Å². The van der Waals surface area contributed by atoms with Crippen molar-refractivity contribution in [1.29, 1.82) is 0 Å². The molecule has 2 nitrogen and oxygen atoms in total. The van der Waals surface area contributed by atoms with Crippen molar-refractivity contribution in [2.75, 3.05) is 11.5 Å². The van der Waals surface area contributed by atoms with Crippen LogP contribution in [0.25, 0.3) is 22.3 Å². The summed E-state index contributed by atoms with van der Waals surface area (Å²) in [5.74, 6) is 0.845. The number of nitrogen functional groups attached to an aromatic ring is 2. The molecule has 0 saturated carbocycles. The molecular formula is C29H38N2. The fraction of sp³-hybridized carbons (Fsp3) is 0.379. The molecule has 3 aromatic rings. The molecular weight excluding hydrogens is 376 g/mol. The summed E-state index contributed by atoms with van der Waals surface area (Å²) >= 11 is 0. The molecule has 2 heteroatoms. The smallest absolute Gasteiger partial charge is 0.0319 e. The quantitative estimate of drug-likeness (QED) is 0.425. The second-order valence-electron chi connectivity index (χ2n) is 9.79. The molecule has 0 aliphatic rings. The van der Waals surface area contributed by atoms with E-state index in [4.69, 9.17) is 11.5 Å². The molecule has 0 amide bonds. The highest BCUT2D eigenvalue weighted by Gasteiger charge is 2.24. The monoisotopic (exact) mass is 414 g/mol. The molecule has 0 aromatic heterocycles. The minimum Gasteiger partial charge on any atom is -0.399 e. The van der Waals surface area contributed by atoms with Crippen molar-refractivity contribution < 1.29 is 0 Å². The lowest BCUT2D eigenvalue weighted by Gasteiger charge is -2.28. The van der Waals surface area contributed by atoms with Gasteiger partial charge in [-0.15, -0.1) is 0 Å². The predicted octanol–water partition coefficient (Wildman–Crippen LogP) is 7.97. The molecule has 0 atom stereocenters. The molecule has 0 fully saturated rings. The van der Waals surface area contributed by atoms with Crippen LogP contribution >= 0.6 is 0 Å². The van der Waals surface area contributed by atoms with E-state index >= 15 is 0 Å². The van der Waals surface area contributed by atoms with E-state index in [1.54, 1.807) is 0 Å². The van der Waals surface area contributed by atoms with Crippen LogP contribution in [0.1, 0.15) is 78.5 Å². The van der Waals surface area contributed by atoms with E-state index in [9.17, 15) is 0 Å². The lowest BCUT2D eigenvalue weighted by molar-refractivity contribution is 0.820. The predicted molar refractivity (Wildman–Crippen MR) is 138 cm³/mol. The zero-order valence-corrected chi connectivity index (χ0v) is 20.7. The third kappa shape index (κ3) is 4.08. The first kappa shape index (κ1) is 22.9. The van der Waals surface area contributed by atoms with Gasteiger partial charge in [-0.05, 0) is 138 Å². The molecule has 0 unspecified atom stereocenters. The van der Waals surface area contributed by atoms with Crippen molar-refractivity contribution in [3.63, 3.8) is 0 Å². The third-order valence-corrected chi connectivity index (χ3v) is 6.48. The summed E-state index contributed by atoms with van der Waals surface area (Å²) < 4.78 is 0. The van der Waals surface area contributed by atoms with Crippen molar-refractivity contribution in [2.45, 2.75) is 74.1 Å². The summed E-state index contributed by atoms with van der Waals surface area (Å²) in [6.07, 6.45) is 0. The van der Waals surface area contributed by atoms with Gasteiger partial charge in [0.1, 0.15) is 0 Å². The van der Waals surface area contributed by atoms with E-state index in [-0.39, 0.29) is 0 Å². The highest BCUT2D eigenvalue weighted by molar-refractivity contribution is 5.86. The van der Waals surface area contributed by atoms with Gasteiger partial charge in [0.05, 0.1) is 0 Å². The Labute approximate surface area is 188 Å². The van der Waals surface area contributed by atoms with Crippen molar-refractivity contribution in [3.05, 3.63) is 69.3 Å². The van der Waals surface area contributed by atoms with Gasteiger partial charge in [-0.2, -0.15) is 0 Å². The molecule has 0 saturated heterocycles. The second-order valence-corrected chi connectivity index (χ2v) is 9.79. The minimum absolute atomic E-state index is 0.423. The standard InChI is InChI=1S/C29H38N2/c1-15(2)26-21(9)27(16(3)4)25(29-19(7)12-23(31)13-20(29)8)14-24(26)28-17(5)10-22(30)11-18(28)6/h10-16H,30-31H2,1-9H3. The molecule has 0 radical (unpaired) electrons. The lowest BCUT2D eigenvalue weighted by Crippen LogP contribution is -2.07. The van der Waals surface area contributed by atoms with E-state index in [2.05, 4.69) is 92.6 Å². The fourth-order valence-electron chi connectivity index (χ4n) is 5.59. The van der Waals surface area contributed by atoms with Crippen molar-refractivity contribution >= 4 is 11.4 Å². The number of hydrogen-bond donors (Lipinski definition) is 2. The average molecular weight is 415 g/mol. The van der Waals surface area contributed by atoms with Crippen LogP contribution in [0.15, 0.2) is 30.3 Å². The van der Waals surface area contributed by atoms with Crippen molar-refractivity contribution in [1.82, 2.24) is 0 Å². The first-order chi connectivity index (χ1) is 14.4. The van der Waals surface area contributed by atoms with E-state index in [0.29, 0.717) is 11.8 Å². The normalized spacial score (nSPS) is 11.6. The summed E-state index contributed by atoms with van der Waals surface area (Å²) in [4.78, 5) is 0. The number of hydrogen-bond acceptors (Lipinski definition) is 2. The van der Waals surface area contributed by atoms with E-state index in [1.165, 1.54) is 61.2 Å². The molecule has 0 spiro atoms. The molecule has 0 aliphatic carbocycles. The Hall–Kier alpha value is -2.74. The average Bonchev–Trinajstić information content (AvgIpc) is 2.58. The van der Waals surface area contributed by atoms with E-state index < -0.39 is 0 Å². The second kappa shape index (κ2) is 8.42. The van der Waals surface area contributed by atoms with Gasteiger partial charge in [-0.3, -0.25) is 0 Å². The van der Waals surface area contributed by atoms with Gasteiger partial charge in [0, 0.05) is 11.4 Å². The Morgan fingerprint density at radius 1 is 0.516 bits per heavy atom. The van der Waals surface area contributed by atoms with Gasteiger partial charge in [0.2, 0.25) is 0 Å². The van der Waals surface area contributed by atoms with Crippen LogP contribution < -0.4 is 11.5 Å². The molecule has 164 valence electrons. The Morgan fingerprint density at radius 2 is 0.806 bits per heavy atom. The maximum atomic E-state index is 6.16. The SMILES string of the molecule is Cc1cc(N)cc(C)c1-c1cc(-c2c(C)cc(N)cc2C)c(C(C)C)c(C)c1C(C)C. The number of benzene rings is 3. The van der Waals surface area contributed by atoms with Crippen LogP contribution in [-0.2, 0) is 0 Å². The zero-order valence-electron chi connectivity index (χ0n) is 20.7. The maximum absolute atomic E-state index is 6.16. The molecule has 31 heavy (non-hydrogen) atoms. The molecule has 4 N–H and O–H groups in total. The van der Waals surface area contributed by atoms with Crippen LogP contribution in [0.2, 0.25) is 0 Å². The summed E-state index contributed by atoms with van der Waals surface area (Å²) in [5.41, 5.74) is 28.5. The molecule has 0 bridgehead atoms. The van der Waals surface area contributed by atoms with Gasteiger partial charge < -0.3 is 11.5 Å². The van der Waals surface area contributed by atoms with Gasteiger partial charge in [0.15, 0.2) is 0 Å². The van der Waals surface area contributed by atoms with Crippen LogP contribution in [0.4, 0.5) is 11.4 Å². The molecule has 0 heterocycles. The zero-order chi connectivity index (χ0) is 23.2. The largest absolute Gasteiger partial charge is 0.399 e. The Morgan fingerprint density at radius 3 is 1.06 bits per heavy atom. The van der Waals surface area contributed by atoms with Crippen LogP contribution in [0, 0.1) is 34.6 Å². The topological polar surface area (TPSA) is 52.0 Å². The summed E-state index contributed by atoms with van der Waals surface area (Å²) in [6.45, 7) is 20.2. The first-order valence-electron chi connectivity index (χ1n) is 11.4. The van der Waals surface area contributed by atoms with Gasteiger partial charge in [-0.1, -0.05) is 27.7 Å². The third-order valence-electron chi connectivity index (χ3n) is 6.48. The first-order valence-corrected chi connectivity index (χ1v) is 11.4. The van der Waals surface area contributed by atoms with Crippen LogP contribution in [0.3, 0.4) is 0 Å². The molecule has 3 aromatic carbocycles. The Kier molecular flexibility index (Phi) is 6.23. The molecule has 0 aliphatic heterocycles. The number of aryl methyl sites for hydroxylation is 4. The van der Waals surface area contributed by atoms with E-state index in [1.807, 2.05) is 0 Å². The van der Waals surface area contributed by atoms with Gasteiger partial charge in [-0.25, -0.2) is 0 Å². The highest BCUT2D eigenvalue weighted by atomic mass is 14.5. The molecule has 3 rings (SSSR count). The number of anilines is 2. The number of nitrogens with two attached hydrogens (primary N) is 2. The Balaban J connectivity index is 2.53. The number of rotatable bonds is 4. The summed E-state index contributed by atoms with van der Waals surface area (Å²) in [7, 11) is 0. The summed E-state index contributed by atoms with van der Waals surface area (Å²) in [6, 6.07) is 10.8. The summed E-state index contributed by atoms with van der Waals surface area (Å²) in [5, 5.41) is 0. The van der Waals surface area contributed by atoms with Crippen molar-refractivity contribution in [2.24, 2.45) is 0 Å². The lowest BCUT2D eigenvalue weighted by atomic mass is 9.77. The minimum atomic E-state index is 0.423. The van der Waals surface area contributed by atoms with E-state index in [0.717, 1.165) is 11.4 Å². The van der Waals surface area contributed by atoms with Gasteiger partial charge in [0.25, 0.3) is 0 Å². The van der Waals surface area contributed by atoms with Crippen molar-refractivity contribution in [3.8, 4) is 22.3 Å². The van der Waals surface area contributed by atoms with Crippen LogP contribution in [-0.4, -0.2) is 0 Å². The highest BCUT2D eigenvalue weighted by Crippen LogP contribution is 2.45. The Bertz CT molecular complexity index is 1020. The van der Waals surface area contributed by atoms with Crippen LogP contribution in [0.5, 0.6) is 0 Å². The maximum Gasteiger partial charge on any atom is 0.0319 e. The fourth-order valence-corrected chi connectivity index (χ4v) is 5.59.